The van der Waals surface area contributed by atoms with Crippen LogP contribution in [-0.4, -0.2) is 12.1 Å². The van der Waals surface area contributed by atoms with Crippen LogP contribution in [0.3, 0.4) is 0 Å². The first-order valence-electron chi connectivity index (χ1n) is 7.05. The Morgan fingerprint density at radius 2 is 2.07 bits per heavy atom. The molecule has 1 aliphatic heterocycles. The summed E-state index contributed by atoms with van der Waals surface area (Å²) in [6.07, 6.45) is 6.10. The predicted octanol–water partition coefficient (Wildman–Crippen LogP) is 2.67. The molecule has 8 unspecified atom stereocenters. The average Bonchev–Trinajstić information content (AvgIpc) is 2.69. The zero-order valence-electron chi connectivity index (χ0n) is 9.95. The highest BCUT2D eigenvalue weighted by atomic mass is 15.2. The quantitative estimate of drug-likeness (QED) is 0.688. The smallest absolute Gasteiger partial charge is 0.0258 e. The van der Waals surface area contributed by atoms with E-state index < -0.39 is 0 Å². The van der Waals surface area contributed by atoms with Crippen LogP contribution in [0.25, 0.3) is 0 Å². The Kier molecular flexibility index (Phi) is 1.68. The SMILES string of the molecule is CCC(C)C1CC2CC1C1CC3NC3C21. The van der Waals surface area contributed by atoms with Crippen molar-refractivity contribution in [2.24, 2.45) is 35.5 Å². The van der Waals surface area contributed by atoms with Crippen LogP contribution in [0.5, 0.6) is 0 Å². The number of rotatable bonds is 2. The van der Waals surface area contributed by atoms with Crippen LogP contribution in [0.4, 0.5) is 0 Å². The maximum absolute atomic E-state index is 3.68. The molecule has 0 aromatic rings. The standard InChI is InChI=1S/C14H23N/c1-3-7(2)9-4-8-5-10(9)11-6-12-14(15-12)13(8)11/h7-15H,3-6H2,1-2H3. The lowest BCUT2D eigenvalue weighted by atomic mass is 9.70. The Labute approximate surface area is 93.0 Å². The van der Waals surface area contributed by atoms with Gasteiger partial charge in [-0.15, -0.1) is 0 Å². The van der Waals surface area contributed by atoms with Crippen LogP contribution in [0.15, 0.2) is 0 Å². The molecule has 1 heteroatoms. The Bertz CT molecular complexity index is 285. The molecule has 1 nitrogen and oxygen atoms in total. The lowest BCUT2D eigenvalue weighted by Crippen LogP contribution is -2.32. The summed E-state index contributed by atoms with van der Waals surface area (Å²) in [4.78, 5) is 0. The van der Waals surface area contributed by atoms with Crippen molar-refractivity contribution in [1.29, 1.82) is 0 Å². The molecule has 4 fully saturated rings. The van der Waals surface area contributed by atoms with Gasteiger partial charge in [-0.2, -0.15) is 0 Å². The summed E-state index contributed by atoms with van der Waals surface area (Å²) in [5, 5.41) is 3.68. The molecule has 84 valence electrons. The van der Waals surface area contributed by atoms with Gasteiger partial charge in [0.05, 0.1) is 0 Å². The largest absolute Gasteiger partial charge is 0.308 e. The molecule has 1 saturated heterocycles. The van der Waals surface area contributed by atoms with Crippen LogP contribution >= 0.6 is 0 Å². The third-order valence-corrected chi connectivity index (χ3v) is 6.33. The molecule has 4 rings (SSSR count). The highest BCUT2D eigenvalue weighted by molar-refractivity contribution is 5.19. The van der Waals surface area contributed by atoms with E-state index >= 15 is 0 Å². The highest BCUT2D eigenvalue weighted by Gasteiger charge is 2.64. The fourth-order valence-corrected chi connectivity index (χ4v) is 5.51. The minimum absolute atomic E-state index is 0.959. The van der Waals surface area contributed by atoms with Crippen molar-refractivity contribution in [3.05, 3.63) is 0 Å². The van der Waals surface area contributed by atoms with Crippen molar-refractivity contribution >= 4 is 0 Å². The second-order valence-electron chi connectivity index (χ2n) is 6.72. The molecule has 4 aliphatic rings. The highest BCUT2D eigenvalue weighted by Crippen LogP contribution is 2.65. The summed E-state index contributed by atoms with van der Waals surface area (Å²) in [5.41, 5.74) is 0. The molecule has 1 N–H and O–H groups in total. The topological polar surface area (TPSA) is 21.9 Å². The molecule has 0 aromatic heterocycles. The molecule has 8 atom stereocenters. The maximum atomic E-state index is 3.68. The first kappa shape index (κ1) is 9.04. The molecule has 0 aromatic carbocycles. The lowest BCUT2D eigenvalue weighted by molar-refractivity contribution is 0.131. The minimum Gasteiger partial charge on any atom is -0.308 e. The number of piperidine rings is 1. The third kappa shape index (κ3) is 1.03. The van der Waals surface area contributed by atoms with Crippen molar-refractivity contribution in [3.8, 4) is 0 Å². The zero-order chi connectivity index (χ0) is 10.2. The Hall–Kier alpha value is -0.0400. The second-order valence-corrected chi connectivity index (χ2v) is 6.72. The van der Waals surface area contributed by atoms with E-state index in [9.17, 15) is 0 Å². The second kappa shape index (κ2) is 2.80. The number of hydrogen-bond donors (Lipinski definition) is 1. The van der Waals surface area contributed by atoms with E-state index in [1.807, 2.05) is 0 Å². The maximum Gasteiger partial charge on any atom is 0.0258 e. The molecule has 0 radical (unpaired) electrons. The molecule has 15 heavy (non-hydrogen) atoms. The van der Waals surface area contributed by atoms with Crippen molar-refractivity contribution < 1.29 is 0 Å². The Balaban J connectivity index is 1.58. The summed E-state index contributed by atoms with van der Waals surface area (Å²) in [7, 11) is 0. The van der Waals surface area contributed by atoms with Gasteiger partial charge in [-0.3, -0.25) is 0 Å². The van der Waals surface area contributed by atoms with Crippen LogP contribution in [0.2, 0.25) is 0 Å². The number of hydrogen-bond acceptors (Lipinski definition) is 1. The zero-order valence-corrected chi connectivity index (χ0v) is 9.95. The Morgan fingerprint density at radius 1 is 1.20 bits per heavy atom. The predicted molar refractivity (Wildman–Crippen MR) is 61.5 cm³/mol. The molecule has 3 saturated carbocycles. The lowest BCUT2D eigenvalue weighted by Gasteiger charge is -2.36. The van der Waals surface area contributed by atoms with Gasteiger partial charge >= 0.3 is 0 Å². The first-order valence-corrected chi connectivity index (χ1v) is 7.05. The van der Waals surface area contributed by atoms with E-state index in [1.165, 1.54) is 12.8 Å². The summed E-state index contributed by atoms with van der Waals surface area (Å²) >= 11 is 0. The van der Waals surface area contributed by atoms with E-state index in [4.69, 9.17) is 0 Å². The van der Waals surface area contributed by atoms with Gasteiger partial charge in [0.2, 0.25) is 0 Å². The summed E-state index contributed by atoms with van der Waals surface area (Å²) in [6.45, 7) is 4.87. The Morgan fingerprint density at radius 3 is 2.87 bits per heavy atom. The summed E-state index contributed by atoms with van der Waals surface area (Å²) in [6, 6.07) is 1.93. The van der Waals surface area contributed by atoms with E-state index in [2.05, 4.69) is 19.2 Å². The van der Waals surface area contributed by atoms with Crippen LogP contribution in [0, 0.1) is 35.5 Å². The molecular weight excluding hydrogens is 182 g/mol. The van der Waals surface area contributed by atoms with Gasteiger partial charge in [0.15, 0.2) is 0 Å². The van der Waals surface area contributed by atoms with E-state index in [0.717, 1.165) is 47.6 Å². The fraction of sp³-hybridized carbons (Fsp3) is 1.00. The van der Waals surface area contributed by atoms with Gasteiger partial charge in [-0.1, -0.05) is 20.3 Å². The molecule has 2 bridgehead atoms. The molecule has 0 amide bonds. The van der Waals surface area contributed by atoms with Gasteiger partial charge in [-0.05, 0) is 54.8 Å². The number of nitrogens with one attached hydrogen (secondary N) is 1. The van der Waals surface area contributed by atoms with Crippen molar-refractivity contribution in [3.63, 3.8) is 0 Å². The monoisotopic (exact) mass is 205 g/mol. The van der Waals surface area contributed by atoms with Gasteiger partial charge in [0.1, 0.15) is 0 Å². The number of fused-ring (bicyclic) bond motifs is 7. The molecular formula is C14H23N. The average molecular weight is 205 g/mol. The van der Waals surface area contributed by atoms with Gasteiger partial charge < -0.3 is 5.32 Å². The molecule has 0 spiro atoms. The van der Waals surface area contributed by atoms with E-state index in [1.54, 1.807) is 12.8 Å². The van der Waals surface area contributed by atoms with Gasteiger partial charge in [0, 0.05) is 12.1 Å². The van der Waals surface area contributed by atoms with Crippen LogP contribution in [-0.2, 0) is 0 Å². The van der Waals surface area contributed by atoms with Crippen molar-refractivity contribution in [2.45, 2.75) is 51.6 Å². The van der Waals surface area contributed by atoms with Crippen molar-refractivity contribution in [2.75, 3.05) is 0 Å². The fourth-order valence-electron chi connectivity index (χ4n) is 5.51. The van der Waals surface area contributed by atoms with E-state index in [0.29, 0.717) is 0 Å². The van der Waals surface area contributed by atoms with Gasteiger partial charge in [0.25, 0.3) is 0 Å². The van der Waals surface area contributed by atoms with Gasteiger partial charge in [-0.25, -0.2) is 0 Å². The molecule has 3 aliphatic carbocycles. The van der Waals surface area contributed by atoms with Crippen LogP contribution < -0.4 is 5.32 Å². The van der Waals surface area contributed by atoms with Crippen LogP contribution in [0.1, 0.15) is 39.5 Å². The van der Waals surface area contributed by atoms with E-state index in [-0.39, 0.29) is 0 Å². The normalized spacial score (nSPS) is 61.6. The third-order valence-electron chi connectivity index (χ3n) is 6.33. The molecule has 1 heterocycles. The minimum atomic E-state index is 0.959. The first-order chi connectivity index (χ1) is 7.29. The summed E-state index contributed by atoms with van der Waals surface area (Å²) < 4.78 is 0. The summed E-state index contributed by atoms with van der Waals surface area (Å²) in [5.74, 6) is 6.58. The van der Waals surface area contributed by atoms with Crippen molar-refractivity contribution in [1.82, 2.24) is 5.32 Å².